The van der Waals surface area contributed by atoms with E-state index in [1.165, 1.54) is 11.8 Å². The van der Waals surface area contributed by atoms with Crippen molar-refractivity contribution in [2.75, 3.05) is 44.0 Å². The number of nitrogens with zero attached hydrogens (tertiary/aromatic N) is 1. The van der Waals surface area contributed by atoms with Crippen molar-refractivity contribution in [3.8, 4) is 0 Å². The molecule has 2 N–H and O–H groups in total. The molecule has 0 aliphatic rings. The zero-order chi connectivity index (χ0) is 18.2. The Morgan fingerprint density at radius 1 is 1.08 bits per heavy atom. The van der Waals surface area contributed by atoms with E-state index in [9.17, 15) is 9.59 Å². The first-order valence-corrected chi connectivity index (χ1v) is 9.19. The van der Waals surface area contributed by atoms with Crippen LogP contribution in [0.4, 0.5) is 5.69 Å². The number of rotatable bonds is 9. The molecule has 0 aromatic heterocycles. The number of hydrogen-bond donors (Lipinski definition) is 2. The Morgan fingerprint density at radius 2 is 1.67 bits per heavy atom. The van der Waals surface area contributed by atoms with Gasteiger partial charge in [-0.05, 0) is 38.6 Å². The van der Waals surface area contributed by atoms with E-state index >= 15 is 0 Å². The van der Waals surface area contributed by atoms with Gasteiger partial charge in [0.05, 0.1) is 11.5 Å². The van der Waals surface area contributed by atoms with Crippen LogP contribution in [0.15, 0.2) is 24.3 Å². The molecule has 0 radical (unpaired) electrons. The maximum atomic E-state index is 11.9. The number of carbonyl (C=O) groups is 2. The summed E-state index contributed by atoms with van der Waals surface area (Å²) >= 11 is 1.32. The summed E-state index contributed by atoms with van der Waals surface area (Å²) in [5.41, 5.74) is 1.95. The Hall–Kier alpha value is -1.53. The van der Waals surface area contributed by atoms with Crippen LogP contribution in [0, 0.1) is 12.3 Å². The highest BCUT2D eigenvalue weighted by Crippen LogP contribution is 2.14. The molecule has 1 aromatic rings. The third-order valence-electron chi connectivity index (χ3n) is 3.31. The molecule has 0 fully saturated rings. The second-order valence-corrected chi connectivity index (χ2v) is 8.07. The number of hydrogen-bond acceptors (Lipinski definition) is 4. The maximum Gasteiger partial charge on any atom is 0.234 e. The van der Waals surface area contributed by atoms with Crippen LogP contribution in [0.3, 0.4) is 0 Å². The van der Waals surface area contributed by atoms with Crippen molar-refractivity contribution >= 4 is 29.3 Å². The lowest BCUT2D eigenvalue weighted by Gasteiger charge is -2.28. The summed E-state index contributed by atoms with van der Waals surface area (Å²) in [5, 5.41) is 5.76. The van der Waals surface area contributed by atoms with Gasteiger partial charge < -0.3 is 15.5 Å². The van der Waals surface area contributed by atoms with E-state index in [0.29, 0.717) is 12.3 Å². The topological polar surface area (TPSA) is 61.4 Å². The number of anilines is 1. The quantitative estimate of drug-likeness (QED) is 0.717. The monoisotopic (exact) mass is 351 g/mol. The molecule has 24 heavy (non-hydrogen) atoms. The number of aryl methyl sites for hydroxylation is 1. The lowest BCUT2D eigenvalue weighted by molar-refractivity contribution is -0.119. The van der Waals surface area contributed by atoms with Crippen molar-refractivity contribution in [3.05, 3.63) is 29.8 Å². The molecule has 0 atom stereocenters. The Labute approximate surface area is 149 Å². The standard InChI is InChI=1S/C18H29N3O2S/c1-14-6-8-15(9-7-14)20-17(23)11-24-10-16(22)19-12-18(2,3)13-21(4)5/h6-9H,10-13H2,1-5H3,(H,19,22)(H,20,23). The van der Waals surface area contributed by atoms with Crippen molar-refractivity contribution in [1.29, 1.82) is 0 Å². The van der Waals surface area contributed by atoms with E-state index in [0.717, 1.165) is 17.8 Å². The van der Waals surface area contributed by atoms with Gasteiger partial charge in [-0.15, -0.1) is 11.8 Å². The molecule has 1 aromatic carbocycles. The molecule has 6 heteroatoms. The predicted molar refractivity (Wildman–Crippen MR) is 102 cm³/mol. The minimum Gasteiger partial charge on any atom is -0.355 e. The fourth-order valence-electron chi connectivity index (χ4n) is 2.37. The van der Waals surface area contributed by atoms with Crippen LogP contribution in [0.1, 0.15) is 19.4 Å². The van der Waals surface area contributed by atoms with Crippen LogP contribution in [-0.4, -0.2) is 55.4 Å². The van der Waals surface area contributed by atoms with Crippen LogP contribution in [0.2, 0.25) is 0 Å². The summed E-state index contributed by atoms with van der Waals surface area (Å²) in [7, 11) is 4.04. The zero-order valence-corrected chi connectivity index (χ0v) is 16.1. The Balaban J connectivity index is 2.22. The molecule has 0 bridgehead atoms. The van der Waals surface area contributed by atoms with Crippen LogP contribution >= 0.6 is 11.8 Å². The van der Waals surface area contributed by atoms with E-state index < -0.39 is 0 Å². The zero-order valence-electron chi connectivity index (χ0n) is 15.3. The molecular formula is C18H29N3O2S. The molecule has 0 saturated carbocycles. The van der Waals surface area contributed by atoms with Gasteiger partial charge >= 0.3 is 0 Å². The fourth-order valence-corrected chi connectivity index (χ4v) is 3.02. The van der Waals surface area contributed by atoms with Gasteiger partial charge in [-0.2, -0.15) is 0 Å². The Bertz CT molecular complexity index is 542. The third kappa shape index (κ3) is 8.93. The van der Waals surface area contributed by atoms with Crippen molar-refractivity contribution in [3.63, 3.8) is 0 Å². The van der Waals surface area contributed by atoms with Gasteiger partial charge in [0.15, 0.2) is 0 Å². The van der Waals surface area contributed by atoms with Gasteiger partial charge in [-0.3, -0.25) is 9.59 Å². The van der Waals surface area contributed by atoms with Crippen LogP contribution < -0.4 is 10.6 Å². The van der Waals surface area contributed by atoms with Gasteiger partial charge in [0, 0.05) is 18.8 Å². The highest BCUT2D eigenvalue weighted by atomic mass is 32.2. The first-order valence-electron chi connectivity index (χ1n) is 8.04. The van der Waals surface area contributed by atoms with E-state index in [1.807, 2.05) is 45.3 Å². The molecular weight excluding hydrogens is 322 g/mol. The lowest BCUT2D eigenvalue weighted by atomic mass is 9.93. The van der Waals surface area contributed by atoms with E-state index in [4.69, 9.17) is 0 Å². The first-order chi connectivity index (χ1) is 11.2. The molecule has 1 rings (SSSR count). The van der Waals surface area contributed by atoms with E-state index in [1.54, 1.807) is 0 Å². The fraction of sp³-hybridized carbons (Fsp3) is 0.556. The normalized spacial score (nSPS) is 11.4. The largest absolute Gasteiger partial charge is 0.355 e. The summed E-state index contributed by atoms with van der Waals surface area (Å²) in [6.07, 6.45) is 0. The van der Waals surface area contributed by atoms with E-state index in [-0.39, 0.29) is 23.0 Å². The molecule has 0 saturated heterocycles. The summed E-state index contributed by atoms with van der Waals surface area (Å²) in [6.45, 7) is 7.77. The summed E-state index contributed by atoms with van der Waals surface area (Å²) in [4.78, 5) is 25.8. The second kappa shape index (κ2) is 9.69. The van der Waals surface area contributed by atoms with Crippen molar-refractivity contribution in [2.45, 2.75) is 20.8 Å². The van der Waals surface area contributed by atoms with Gasteiger partial charge in [0.2, 0.25) is 11.8 Å². The molecule has 5 nitrogen and oxygen atoms in total. The number of carbonyl (C=O) groups excluding carboxylic acids is 2. The van der Waals surface area contributed by atoms with Crippen molar-refractivity contribution < 1.29 is 9.59 Å². The minimum atomic E-state index is -0.0930. The Kier molecular flexibility index (Phi) is 8.28. The Morgan fingerprint density at radius 3 is 2.25 bits per heavy atom. The van der Waals surface area contributed by atoms with Gasteiger partial charge in [0.1, 0.15) is 0 Å². The van der Waals surface area contributed by atoms with Gasteiger partial charge in [0.25, 0.3) is 0 Å². The number of thioether (sulfide) groups is 1. The molecule has 0 spiro atoms. The lowest BCUT2D eigenvalue weighted by Crippen LogP contribution is -2.40. The summed E-state index contributed by atoms with van der Waals surface area (Å²) in [6, 6.07) is 7.65. The SMILES string of the molecule is Cc1ccc(NC(=O)CSCC(=O)NCC(C)(C)CN(C)C)cc1. The number of amides is 2. The smallest absolute Gasteiger partial charge is 0.234 e. The maximum absolute atomic E-state index is 11.9. The summed E-state index contributed by atoms with van der Waals surface area (Å²) in [5.74, 6) is 0.432. The molecule has 2 amide bonds. The van der Waals surface area contributed by atoms with Crippen LogP contribution in [-0.2, 0) is 9.59 Å². The van der Waals surface area contributed by atoms with Crippen molar-refractivity contribution in [2.24, 2.45) is 5.41 Å². The van der Waals surface area contributed by atoms with E-state index in [2.05, 4.69) is 29.4 Å². The first kappa shape index (κ1) is 20.5. The van der Waals surface area contributed by atoms with Gasteiger partial charge in [-0.1, -0.05) is 31.5 Å². The molecule has 0 unspecified atom stereocenters. The molecule has 0 heterocycles. The number of benzene rings is 1. The molecule has 0 aliphatic heterocycles. The summed E-state index contributed by atoms with van der Waals surface area (Å²) < 4.78 is 0. The average molecular weight is 352 g/mol. The average Bonchev–Trinajstić information content (AvgIpc) is 2.46. The van der Waals surface area contributed by atoms with Crippen molar-refractivity contribution in [1.82, 2.24) is 10.2 Å². The highest BCUT2D eigenvalue weighted by Gasteiger charge is 2.19. The highest BCUT2D eigenvalue weighted by molar-refractivity contribution is 8.00. The number of nitrogens with one attached hydrogen (secondary N) is 2. The van der Waals surface area contributed by atoms with Crippen LogP contribution in [0.5, 0.6) is 0 Å². The molecule has 0 aliphatic carbocycles. The van der Waals surface area contributed by atoms with Gasteiger partial charge in [-0.25, -0.2) is 0 Å². The second-order valence-electron chi connectivity index (χ2n) is 7.09. The predicted octanol–water partition coefficient (Wildman–Crippen LogP) is 2.37. The third-order valence-corrected chi connectivity index (χ3v) is 4.24. The molecule has 134 valence electrons. The van der Waals surface area contributed by atoms with Crippen LogP contribution in [0.25, 0.3) is 0 Å². The minimum absolute atomic E-state index is 0.0205.